The van der Waals surface area contributed by atoms with E-state index in [1.54, 1.807) is 0 Å². The molecule has 2 N–H and O–H groups in total. The lowest BCUT2D eigenvalue weighted by atomic mass is 9.83. The molecule has 100 valence electrons. The Morgan fingerprint density at radius 1 is 1.41 bits per heavy atom. The minimum atomic E-state index is -0.503. The number of hydrogen-bond donors (Lipinski definition) is 2. The normalized spacial score (nSPS) is 24.4. The maximum absolute atomic E-state index is 11.9. The van der Waals surface area contributed by atoms with Gasteiger partial charge in [0.15, 0.2) is 0 Å². The second kappa shape index (κ2) is 8.31. The van der Waals surface area contributed by atoms with Crippen molar-refractivity contribution >= 4 is 6.03 Å². The van der Waals surface area contributed by atoms with Crippen LogP contribution in [0.2, 0.25) is 0 Å². The van der Waals surface area contributed by atoms with E-state index in [1.165, 1.54) is 32.1 Å². The summed E-state index contributed by atoms with van der Waals surface area (Å²) in [6, 6.07) is 0.0639. The molecule has 1 fully saturated rings. The van der Waals surface area contributed by atoms with Crippen LogP contribution < -0.4 is 10.6 Å². The van der Waals surface area contributed by atoms with Crippen LogP contribution in [0, 0.1) is 5.92 Å². The molecule has 2 unspecified atom stereocenters. The molecule has 0 radical (unpaired) electrons. The Bertz CT molecular complexity index is 223. The second-order valence-electron chi connectivity index (χ2n) is 4.96. The highest BCUT2D eigenvalue weighted by atomic mass is 19.1. The summed E-state index contributed by atoms with van der Waals surface area (Å²) in [5.74, 6) is 0.759. The van der Waals surface area contributed by atoms with Crippen LogP contribution in [0.1, 0.15) is 51.9 Å². The van der Waals surface area contributed by atoms with Crippen LogP contribution in [0.25, 0.3) is 0 Å². The topological polar surface area (TPSA) is 41.1 Å². The minimum Gasteiger partial charge on any atom is -0.336 e. The number of alkyl halides is 1. The van der Waals surface area contributed by atoms with Gasteiger partial charge >= 0.3 is 6.03 Å². The lowest BCUT2D eigenvalue weighted by Gasteiger charge is -2.29. The monoisotopic (exact) mass is 244 g/mol. The molecule has 0 aromatic carbocycles. The molecule has 4 heteroatoms. The fraction of sp³-hybridized carbons (Fsp3) is 0.923. The molecular formula is C13H25FN2O. The average Bonchev–Trinajstić information content (AvgIpc) is 2.34. The molecule has 0 spiro atoms. The summed E-state index contributed by atoms with van der Waals surface area (Å²) >= 11 is 0. The van der Waals surface area contributed by atoms with Crippen molar-refractivity contribution in [3.63, 3.8) is 0 Å². The van der Waals surface area contributed by atoms with Crippen molar-refractivity contribution in [2.45, 2.75) is 57.9 Å². The van der Waals surface area contributed by atoms with Crippen LogP contribution in [0.5, 0.6) is 0 Å². The van der Waals surface area contributed by atoms with Crippen LogP contribution in [0.15, 0.2) is 0 Å². The van der Waals surface area contributed by atoms with Crippen molar-refractivity contribution < 1.29 is 9.18 Å². The zero-order valence-electron chi connectivity index (χ0n) is 10.8. The first-order chi connectivity index (χ1) is 8.26. The van der Waals surface area contributed by atoms with Crippen LogP contribution in [0.4, 0.5) is 9.18 Å². The molecule has 1 rings (SSSR count). The molecule has 0 bridgehead atoms. The number of amides is 2. The molecule has 0 heterocycles. The van der Waals surface area contributed by atoms with Gasteiger partial charge in [-0.1, -0.05) is 39.0 Å². The summed E-state index contributed by atoms with van der Waals surface area (Å²) in [6.07, 6.45) is 8.44. The van der Waals surface area contributed by atoms with Crippen molar-refractivity contribution in [3.8, 4) is 0 Å². The van der Waals surface area contributed by atoms with E-state index in [0.717, 1.165) is 18.8 Å². The van der Waals surface area contributed by atoms with Crippen LogP contribution >= 0.6 is 0 Å². The Balaban J connectivity index is 2.21. The van der Waals surface area contributed by atoms with E-state index < -0.39 is 6.67 Å². The van der Waals surface area contributed by atoms with Gasteiger partial charge in [-0.2, -0.15) is 0 Å². The number of halogens is 1. The first-order valence-electron chi connectivity index (χ1n) is 6.86. The summed E-state index contributed by atoms with van der Waals surface area (Å²) in [4.78, 5) is 11.4. The van der Waals surface area contributed by atoms with Crippen molar-refractivity contribution in [2.24, 2.45) is 5.92 Å². The smallest absolute Gasteiger partial charge is 0.315 e. The Morgan fingerprint density at radius 3 is 2.94 bits per heavy atom. The molecular weight excluding hydrogens is 219 g/mol. The number of unbranched alkanes of at least 4 members (excludes halogenated alkanes) is 1. The minimum absolute atomic E-state index is 0.109. The zero-order chi connectivity index (χ0) is 12.5. The van der Waals surface area contributed by atoms with E-state index in [1.807, 2.05) is 0 Å². The molecule has 0 saturated heterocycles. The van der Waals surface area contributed by atoms with Crippen LogP contribution in [-0.4, -0.2) is 25.3 Å². The van der Waals surface area contributed by atoms with Gasteiger partial charge < -0.3 is 10.6 Å². The maximum Gasteiger partial charge on any atom is 0.315 e. The van der Waals surface area contributed by atoms with E-state index >= 15 is 0 Å². The van der Waals surface area contributed by atoms with E-state index in [0.29, 0.717) is 0 Å². The Labute approximate surface area is 104 Å². The van der Waals surface area contributed by atoms with Gasteiger partial charge in [-0.05, 0) is 18.8 Å². The molecule has 17 heavy (non-hydrogen) atoms. The lowest BCUT2D eigenvalue weighted by Crippen LogP contribution is -2.44. The van der Waals surface area contributed by atoms with E-state index in [-0.39, 0.29) is 18.6 Å². The van der Waals surface area contributed by atoms with Crippen molar-refractivity contribution in [1.29, 1.82) is 0 Å². The van der Waals surface area contributed by atoms with Gasteiger partial charge in [-0.3, -0.25) is 0 Å². The maximum atomic E-state index is 11.9. The number of urea groups is 1. The molecule has 0 aliphatic heterocycles. The SMILES string of the molecule is CCCCC1CCCC(NC(=O)NCCF)C1. The summed E-state index contributed by atoms with van der Waals surface area (Å²) in [5.41, 5.74) is 0. The average molecular weight is 244 g/mol. The molecule has 1 aliphatic rings. The first kappa shape index (κ1) is 14.3. The lowest BCUT2D eigenvalue weighted by molar-refractivity contribution is 0.222. The summed E-state index contributed by atoms with van der Waals surface area (Å²) in [5, 5.41) is 5.46. The Kier molecular flexibility index (Phi) is 6.97. The van der Waals surface area contributed by atoms with Crippen LogP contribution in [0.3, 0.4) is 0 Å². The predicted molar refractivity (Wildman–Crippen MR) is 67.8 cm³/mol. The van der Waals surface area contributed by atoms with Gasteiger partial charge in [-0.15, -0.1) is 0 Å². The molecule has 2 atom stereocenters. The number of carbonyl (C=O) groups is 1. The van der Waals surface area contributed by atoms with Gasteiger partial charge in [0, 0.05) is 12.6 Å². The van der Waals surface area contributed by atoms with Crippen LogP contribution in [-0.2, 0) is 0 Å². The largest absolute Gasteiger partial charge is 0.336 e. The summed E-state index contributed by atoms with van der Waals surface area (Å²) in [6.45, 7) is 1.82. The molecule has 0 aromatic rings. The van der Waals surface area contributed by atoms with E-state index in [2.05, 4.69) is 17.6 Å². The first-order valence-corrected chi connectivity index (χ1v) is 6.86. The molecule has 3 nitrogen and oxygen atoms in total. The third-order valence-corrected chi connectivity index (χ3v) is 3.46. The summed E-state index contributed by atoms with van der Waals surface area (Å²) < 4.78 is 11.9. The number of nitrogens with one attached hydrogen (secondary N) is 2. The molecule has 1 saturated carbocycles. The highest BCUT2D eigenvalue weighted by Gasteiger charge is 2.22. The van der Waals surface area contributed by atoms with E-state index in [4.69, 9.17) is 0 Å². The standard InChI is InChI=1S/C13H25FN2O/c1-2-3-5-11-6-4-7-12(10-11)16-13(17)15-9-8-14/h11-12H,2-10H2,1H3,(H2,15,16,17). The quantitative estimate of drug-likeness (QED) is 0.741. The van der Waals surface area contributed by atoms with Gasteiger partial charge in [-0.25, -0.2) is 9.18 Å². The van der Waals surface area contributed by atoms with E-state index in [9.17, 15) is 9.18 Å². The van der Waals surface area contributed by atoms with Gasteiger partial charge in [0.05, 0.1) is 0 Å². The molecule has 1 aliphatic carbocycles. The van der Waals surface area contributed by atoms with Crippen molar-refractivity contribution in [2.75, 3.05) is 13.2 Å². The Morgan fingerprint density at radius 2 is 2.24 bits per heavy atom. The molecule has 0 aromatic heterocycles. The van der Waals surface area contributed by atoms with Crippen molar-refractivity contribution in [1.82, 2.24) is 10.6 Å². The highest BCUT2D eigenvalue weighted by Crippen LogP contribution is 2.28. The fourth-order valence-electron chi connectivity index (χ4n) is 2.57. The Hall–Kier alpha value is -0.800. The van der Waals surface area contributed by atoms with Gasteiger partial charge in [0.2, 0.25) is 0 Å². The molecule has 2 amide bonds. The second-order valence-corrected chi connectivity index (χ2v) is 4.96. The third-order valence-electron chi connectivity index (χ3n) is 3.46. The number of rotatable bonds is 6. The summed E-state index contributed by atoms with van der Waals surface area (Å²) in [7, 11) is 0. The predicted octanol–water partition coefficient (Wildman–Crippen LogP) is 3.00. The third kappa shape index (κ3) is 5.89. The zero-order valence-corrected chi connectivity index (χ0v) is 10.8. The fourth-order valence-corrected chi connectivity index (χ4v) is 2.57. The highest BCUT2D eigenvalue weighted by molar-refractivity contribution is 5.74. The number of carbonyl (C=O) groups excluding carboxylic acids is 1. The van der Waals surface area contributed by atoms with Crippen molar-refractivity contribution in [3.05, 3.63) is 0 Å². The number of hydrogen-bond acceptors (Lipinski definition) is 1. The van der Waals surface area contributed by atoms with Gasteiger partial charge in [0.1, 0.15) is 6.67 Å². The van der Waals surface area contributed by atoms with Gasteiger partial charge in [0.25, 0.3) is 0 Å².